The maximum Gasteiger partial charge on any atom is 0.153 e. The number of aromatic nitrogens is 1. The fourth-order valence-electron chi connectivity index (χ4n) is 2.28. The summed E-state index contributed by atoms with van der Waals surface area (Å²) in [6, 6.07) is 6.42. The number of ether oxygens (including phenoxy) is 1. The Labute approximate surface area is 109 Å². The van der Waals surface area contributed by atoms with Crippen molar-refractivity contribution in [3.63, 3.8) is 0 Å². The fraction of sp³-hybridized carbons (Fsp3) is 0.286. The molecule has 0 atom stereocenters. The first-order valence-electron chi connectivity index (χ1n) is 6.17. The molecule has 0 bridgehead atoms. The molecular weight excluding hydrogens is 247 g/mol. The lowest BCUT2D eigenvalue weighted by atomic mass is 10.1. The molecule has 1 aliphatic rings. The summed E-state index contributed by atoms with van der Waals surface area (Å²) >= 11 is 0. The topological polar surface area (TPSA) is 42.4 Å². The van der Waals surface area contributed by atoms with Crippen LogP contribution in [0.15, 0.2) is 24.3 Å². The minimum absolute atomic E-state index is 0.301. The van der Waals surface area contributed by atoms with Crippen LogP contribution < -0.4 is 4.90 Å². The van der Waals surface area contributed by atoms with Crippen LogP contribution in [0.5, 0.6) is 0 Å². The van der Waals surface area contributed by atoms with Crippen LogP contribution in [-0.4, -0.2) is 37.6 Å². The van der Waals surface area contributed by atoms with Gasteiger partial charge in [-0.2, -0.15) is 0 Å². The highest BCUT2D eigenvalue weighted by molar-refractivity contribution is 5.92. The maximum atomic E-state index is 13.8. The highest BCUT2D eigenvalue weighted by atomic mass is 19.1. The molecule has 0 saturated carbocycles. The summed E-state index contributed by atoms with van der Waals surface area (Å²) in [5, 5.41) is 0.638. The number of anilines is 1. The predicted octanol–water partition coefficient (Wildman–Crippen LogP) is 2.02. The third-order valence-electron chi connectivity index (χ3n) is 3.24. The van der Waals surface area contributed by atoms with Crippen LogP contribution in [0.4, 0.5) is 10.2 Å². The van der Waals surface area contributed by atoms with Crippen LogP contribution in [0.2, 0.25) is 0 Å². The molecule has 0 radical (unpaired) electrons. The van der Waals surface area contributed by atoms with E-state index in [2.05, 4.69) is 4.98 Å². The molecule has 2 aromatic rings. The SMILES string of the molecule is O=Cc1cc2cccc(F)c2nc1N1CCOCC1. The van der Waals surface area contributed by atoms with Crippen molar-refractivity contribution in [2.45, 2.75) is 0 Å². The fourth-order valence-corrected chi connectivity index (χ4v) is 2.28. The van der Waals surface area contributed by atoms with E-state index in [1.165, 1.54) is 6.07 Å². The van der Waals surface area contributed by atoms with E-state index in [0.29, 0.717) is 48.6 Å². The molecule has 0 spiro atoms. The van der Waals surface area contributed by atoms with Crippen LogP contribution >= 0.6 is 0 Å². The predicted molar refractivity (Wildman–Crippen MR) is 70.1 cm³/mol. The van der Waals surface area contributed by atoms with Crippen molar-refractivity contribution >= 4 is 23.0 Å². The molecule has 19 heavy (non-hydrogen) atoms. The average Bonchev–Trinajstić information content (AvgIpc) is 2.47. The molecule has 4 nitrogen and oxygen atoms in total. The minimum Gasteiger partial charge on any atom is -0.378 e. The Morgan fingerprint density at radius 2 is 2.11 bits per heavy atom. The number of hydrogen-bond acceptors (Lipinski definition) is 4. The number of aldehydes is 1. The largest absolute Gasteiger partial charge is 0.378 e. The van der Waals surface area contributed by atoms with Crippen molar-refractivity contribution in [2.75, 3.05) is 31.2 Å². The number of benzene rings is 1. The zero-order chi connectivity index (χ0) is 13.2. The van der Waals surface area contributed by atoms with E-state index in [1.807, 2.05) is 4.90 Å². The van der Waals surface area contributed by atoms with Crippen LogP contribution in [0.25, 0.3) is 10.9 Å². The van der Waals surface area contributed by atoms with Gasteiger partial charge in [-0.25, -0.2) is 9.37 Å². The smallest absolute Gasteiger partial charge is 0.153 e. The summed E-state index contributed by atoms with van der Waals surface area (Å²) in [7, 11) is 0. The number of nitrogens with zero attached hydrogens (tertiary/aromatic N) is 2. The van der Waals surface area contributed by atoms with E-state index >= 15 is 0 Å². The number of morpholine rings is 1. The molecule has 0 aliphatic carbocycles. The van der Waals surface area contributed by atoms with Gasteiger partial charge in [-0.05, 0) is 12.1 Å². The number of halogens is 1. The van der Waals surface area contributed by atoms with Crippen LogP contribution in [-0.2, 0) is 4.74 Å². The number of rotatable bonds is 2. The van der Waals surface area contributed by atoms with Gasteiger partial charge in [0.2, 0.25) is 0 Å². The minimum atomic E-state index is -0.371. The Morgan fingerprint density at radius 3 is 2.84 bits per heavy atom. The molecule has 1 aromatic carbocycles. The van der Waals surface area contributed by atoms with Gasteiger partial charge in [0.05, 0.1) is 18.8 Å². The van der Waals surface area contributed by atoms with E-state index in [1.54, 1.807) is 18.2 Å². The summed E-state index contributed by atoms with van der Waals surface area (Å²) in [5.41, 5.74) is 0.787. The first-order valence-corrected chi connectivity index (χ1v) is 6.17. The summed E-state index contributed by atoms with van der Waals surface area (Å²) < 4.78 is 19.0. The highest BCUT2D eigenvalue weighted by Gasteiger charge is 2.17. The Hall–Kier alpha value is -2.01. The maximum absolute atomic E-state index is 13.8. The molecule has 1 aliphatic heterocycles. The zero-order valence-corrected chi connectivity index (χ0v) is 10.3. The second kappa shape index (κ2) is 4.93. The summed E-state index contributed by atoms with van der Waals surface area (Å²) in [5.74, 6) is 0.167. The van der Waals surface area contributed by atoms with Gasteiger partial charge in [0.15, 0.2) is 6.29 Å². The second-order valence-electron chi connectivity index (χ2n) is 4.43. The Kier molecular flexibility index (Phi) is 3.13. The molecule has 1 fully saturated rings. The van der Waals surface area contributed by atoms with E-state index in [0.717, 1.165) is 6.29 Å². The standard InChI is InChI=1S/C14H13FN2O2/c15-12-3-1-2-10-8-11(9-18)14(16-13(10)12)17-4-6-19-7-5-17/h1-3,8-9H,4-7H2. The Balaban J connectivity index is 2.15. The molecule has 0 N–H and O–H groups in total. The van der Waals surface area contributed by atoms with Gasteiger partial charge in [0, 0.05) is 18.5 Å². The van der Waals surface area contributed by atoms with Crippen molar-refractivity contribution in [1.29, 1.82) is 0 Å². The normalized spacial score (nSPS) is 15.7. The number of fused-ring (bicyclic) bond motifs is 1. The third kappa shape index (κ3) is 2.17. The van der Waals surface area contributed by atoms with Gasteiger partial charge in [-0.3, -0.25) is 4.79 Å². The van der Waals surface area contributed by atoms with Crippen molar-refractivity contribution < 1.29 is 13.9 Å². The molecule has 0 unspecified atom stereocenters. The van der Waals surface area contributed by atoms with Crippen LogP contribution in [0, 0.1) is 5.82 Å². The van der Waals surface area contributed by atoms with Crippen LogP contribution in [0.3, 0.4) is 0 Å². The van der Waals surface area contributed by atoms with Gasteiger partial charge in [0.25, 0.3) is 0 Å². The van der Waals surface area contributed by atoms with Gasteiger partial charge in [-0.15, -0.1) is 0 Å². The number of carbonyl (C=O) groups excluding carboxylic acids is 1. The van der Waals surface area contributed by atoms with Gasteiger partial charge >= 0.3 is 0 Å². The number of pyridine rings is 1. The molecule has 5 heteroatoms. The quantitative estimate of drug-likeness (QED) is 0.775. The zero-order valence-electron chi connectivity index (χ0n) is 10.3. The van der Waals surface area contributed by atoms with Crippen molar-refractivity contribution in [3.05, 3.63) is 35.6 Å². The lowest BCUT2D eigenvalue weighted by Gasteiger charge is -2.28. The van der Waals surface area contributed by atoms with Crippen molar-refractivity contribution in [2.24, 2.45) is 0 Å². The number of para-hydroxylation sites is 1. The van der Waals surface area contributed by atoms with E-state index in [4.69, 9.17) is 4.74 Å². The van der Waals surface area contributed by atoms with Crippen molar-refractivity contribution in [3.8, 4) is 0 Å². The van der Waals surface area contributed by atoms with E-state index in [9.17, 15) is 9.18 Å². The third-order valence-corrected chi connectivity index (χ3v) is 3.24. The molecule has 2 heterocycles. The summed E-state index contributed by atoms with van der Waals surface area (Å²) in [4.78, 5) is 17.5. The van der Waals surface area contributed by atoms with E-state index in [-0.39, 0.29) is 5.82 Å². The first-order chi connectivity index (χ1) is 9.29. The van der Waals surface area contributed by atoms with Crippen LogP contribution in [0.1, 0.15) is 10.4 Å². The molecule has 98 valence electrons. The van der Waals surface area contributed by atoms with E-state index < -0.39 is 0 Å². The lowest BCUT2D eigenvalue weighted by molar-refractivity contribution is 0.111. The molecule has 1 saturated heterocycles. The first kappa shape index (κ1) is 12.0. The van der Waals surface area contributed by atoms with Crippen molar-refractivity contribution in [1.82, 2.24) is 4.98 Å². The monoisotopic (exact) mass is 260 g/mol. The Morgan fingerprint density at radius 1 is 1.32 bits per heavy atom. The summed E-state index contributed by atoms with van der Waals surface area (Å²) in [6.07, 6.45) is 0.766. The average molecular weight is 260 g/mol. The molecular formula is C14H13FN2O2. The van der Waals surface area contributed by atoms with Gasteiger partial charge < -0.3 is 9.64 Å². The van der Waals surface area contributed by atoms with Gasteiger partial charge in [-0.1, -0.05) is 12.1 Å². The number of carbonyl (C=O) groups is 1. The van der Waals surface area contributed by atoms with Gasteiger partial charge in [0.1, 0.15) is 17.2 Å². The lowest BCUT2D eigenvalue weighted by Crippen LogP contribution is -2.37. The highest BCUT2D eigenvalue weighted by Crippen LogP contribution is 2.24. The Bertz CT molecular complexity index is 624. The molecule has 0 amide bonds. The second-order valence-corrected chi connectivity index (χ2v) is 4.43. The molecule has 3 rings (SSSR count). The summed E-state index contributed by atoms with van der Waals surface area (Å²) in [6.45, 7) is 2.51. The molecule has 1 aromatic heterocycles. The number of hydrogen-bond donors (Lipinski definition) is 0.